The zero-order chi connectivity index (χ0) is 17.0. The van der Waals surface area contributed by atoms with Crippen molar-refractivity contribution in [3.8, 4) is 11.5 Å². The van der Waals surface area contributed by atoms with Gasteiger partial charge in [-0.3, -0.25) is 0 Å². The van der Waals surface area contributed by atoms with Gasteiger partial charge in [0.2, 0.25) is 16.6 Å². The lowest BCUT2D eigenvalue weighted by Crippen LogP contribution is -2.27. The van der Waals surface area contributed by atoms with E-state index in [1.807, 2.05) is 18.2 Å². The highest BCUT2D eigenvalue weighted by molar-refractivity contribution is 7.95. The Morgan fingerprint density at radius 2 is 1.76 bits per heavy atom. The van der Waals surface area contributed by atoms with Crippen molar-refractivity contribution in [3.63, 3.8) is 0 Å². The van der Waals surface area contributed by atoms with Gasteiger partial charge in [-0.2, -0.15) is 0 Å². The van der Waals surface area contributed by atoms with Crippen LogP contribution in [0.2, 0.25) is 0 Å². The van der Waals surface area contributed by atoms with Crippen LogP contribution in [0.5, 0.6) is 11.5 Å². The highest BCUT2D eigenvalue weighted by Gasteiger charge is 2.43. The number of fused-ring (bicyclic) bond motifs is 4. The van der Waals surface area contributed by atoms with Crippen molar-refractivity contribution in [2.24, 2.45) is 0 Å². The fraction of sp³-hybridized carbons (Fsp3) is 0.263. The average Bonchev–Trinajstić information content (AvgIpc) is 3.27. The van der Waals surface area contributed by atoms with Crippen LogP contribution in [-0.4, -0.2) is 21.3 Å². The lowest BCUT2D eigenvalue weighted by molar-refractivity contribution is 0.0249. The Balaban J connectivity index is 1.63. The molecule has 0 unspecified atom stereocenters. The summed E-state index contributed by atoms with van der Waals surface area (Å²) in [6.07, 6.45) is 2.25. The summed E-state index contributed by atoms with van der Waals surface area (Å²) < 4.78 is 43.2. The number of benzene rings is 2. The summed E-state index contributed by atoms with van der Waals surface area (Å²) in [6.45, 7) is 0.651. The quantitative estimate of drug-likeness (QED) is 0.827. The van der Waals surface area contributed by atoms with Gasteiger partial charge in [-0.05, 0) is 41.8 Å². The number of rotatable bonds is 2. The van der Waals surface area contributed by atoms with E-state index in [4.69, 9.17) is 14.2 Å². The molecule has 5 rings (SSSR count). The van der Waals surface area contributed by atoms with Crippen LogP contribution in [-0.2, 0) is 21.2 Å². The van der Waals surface area contributed by atoms with Gasteiger partial charge < -0.3 is 14.2 Å². The van der Waals surface area contributed by atoms with Crippen molar-refractivity contribution in [2.75, 3.05) is 6.79 Å². The summed E-state index contributed by atoms with van der Waals surface area (Å²) in [5.74, 6) is 1.06. The second kappa shape index (κ2) is 5.34. The fourth-order valence-corrected chi connectivity index (χ4v) is 5.54. The van der Waals surface area contributed by atoms with E-state index in [9.17, 15) is 8.42 Å². The Morgan fingerprint density at radius 3 is 2.56 bits per heavy atom. The van der Waals surface area contributed by atoms with Gasteiger partial charge in [0.1, 0.15) is 0 Å². The summed E-state index contributed by atoms with van der Waals surface area (Å²) in [4.78, 5) is 0.735. The Morgan fingerprint density at radius 1 is 1.00 bits per heavy atom. The molecular formula is C19H16O5S. The van der Waals surface area contributed by atoms with Gasteiger partial charge in [-0.1, -0.05) is 24.3 Å². The number of hydrogen-bond acceptors (Lipinski definition) is 5. The smallest absolute Gasteiger partial charge is 0.231 e. The van der Waals surface area contributed by atoms with E-state index in [0.717, 1.165) is 11.1 Å². The Bertz CT molecular complexity index is 978. The van der Waals surface area contributed by atoms with Crippen molar-refractivity contribution in [2.45, 2.75) is 29.9 Å². The third-order valence-corrected chi connectivity index (χ3v) is 6.95. The largest absolute Gasteiger partial charge is 0.454 e. The minimum atomic E-state index is -3.56. The maximum absolute atomic E-state index is 13.2. The predicted octanol–water partition coefficient (Wildman–Crippen LogP) is 3.16. The van der Waals surface area contributed by atoms with Gasteiger partial charge in [0.05, 0.1) is 22.5 Å². The molecular weight excluding hydrogens is 340 g/mol. The first-order valence-electron chi connectivity index (χ1n) is 8.19. The van der Waals surface area contributed by atoms with E-state index in [2.05, 4.69) is 0 Å². The molecule has 5 nitrogen and oxygen atoms in total. The van der Waals surface area contributed by atoms with Crippen LogP contribution in [0, 0.1) is 0 Å². The second-order valence-electron chi connectivity index (χ2n) is 6.39. The molecule has 3 aliphatic rings. The van der Waals surface area contributed by atoms with Gasteiger partial charge in [0.15, 0.2) is 11.5 Å². The molecule has 0 radical (unpaired) electrons. The van der Waals surface area contributed by atoms with E-state index < -0.39 is 9.84 Å². The third-order valence-electron chi connectivity index (χ3n) is 5.02. The first kappa shape index (κ1) is 15.0. The third kappa shape index (κ3) is 2.21. The molecule has 2 aromatic rings. The number of ether oxygens (including phenoxy) is 3. The molecule has 0 fully saturated rings. The summed E-state index contributed by atoms with van der Waals surface area (Å²) in [7, 11) is -3.56. The van der Waals surface area contributed by atoms with E-state index in [1.165, 1.54) is 0 Å². The molecule has 0 aromatic heterocycles. The SMILES string of the molecule is O=S(=O)(C1=CC[C@H]2OCc3cc4c(cc3[C@@H]12)OCO4)c1ccccc1. The van der Waals surface area contributed by atoms with E-state index in [0.29, 0.717) is 34.3 Å². The lowest BCUT2D eigenvalue weighted by Gasteiger charge is -2.31. The van der Waals surface area contributed by atoms with Crippen molar-refractivity contribution in [1.82, 2.24) is 0 Å². The average molecular weight is 356 g/mol. The van der Waals surface area contributed by atoms with Gasteiger partial charge in [-0.15, -0.1) is 0 Å². The highest BCUT2D eigenvalue weighted by Crippen LogP contribution is 2.49. The number of hydrogen-bond donors (Lipinski definition) is 0. The zero-order valence-electron chi connectivity index (χ0n) is 13.3. The van der Waals surface area contributed by atoms with E-state index >= 15 is 0 Å². The molecule has 0 amide bonds. The molecule has 0 bridgehead atoms. The normalized spacial score (nSPS) is 23.8. The zero-order valence-corrected chi connectivity index (χ0v) is 14.2. The molecule has 2 aliphatic heterocycles. The van der Waals surface area contributed by atoms with Gasteiger partial charge in [0, 0.05) is 5.92 Å². The van der Waals surface area contributed by atoms with Crippen LogP contribution in [0.4, 0.5) is 0 Å². The minimum Gasteiger partial charge on any atom is -0.454 e. The molecule has 25 heavy (non-hydrogen) atoms. The maximum atomic E-state index is 13.2. The molecule has 0 N–H and O–H groups in total. The molecule has 2 heterocycles. The summed E-state index contributed by atoms with van der Waals surface area (Å²) in [5.41, 5.74) is 1.92. The molecule has 2 atom stereocenters. The summed E-state index contributed by atoms with van der Waals surface area (Å²) in [5, 5.41) is 0. The molecule has 1 aliphatic carbocycles. The molecule has 0 saturated carbocycles. The van der Waals surface area contributed by atoms with Crippen molar-refractivity contribution in [1.29, 1.82) is 0 Å². The Kier molecular flexibility index (Phi) is 3.20. The van der Waals surface area contributed by atoms with Crippen LogP contribution in [0.1, 0.15) is 23.5 Å². The molecule has 0 spiro atoms. The van der Waals surface area contributed by atoms with Crippen molar-refractivity contribution < 1.29 is 22.6 Å². The first-order chi connectivity index (χ1) is 12.1. The van der Waals surface area contributed by atoms with Crippen LogP contribution >= 0.6 is 0 Å². The van der Waals surface area contributed by atoms with Crippen molar-refractivity contribution >= 4 is 9.84 Å². The fourth-order valence-electron chi connectivity index (χ4n) is 3.82. The van der Waals surface area contributed by atoms with Crippen LogP contribution in [0.25, 0.3) is 0 Å². The summed E-state index contributed by atoms with van der Waals surface area (Å²) in [6, 6.07) is 12.4. The van der Waals surface area contributed by atoms with Crippen molar-refractivity contribution in [3.05, 3.63) is 64.6 Å². The highest BCUT2D eigenvalue weighted by atomic mass is 32.2. The molecule has 0 saturated heterocycles. The maximum Gasteiger partial charge on any atom is 0.231 e. The van der Waals surface area contributed by atoms with Crippen LogP contribution in [0.3, 0.4) is 0 Å². The second-order valence-corrected chi connectivity index (χ2v) is 8.34. The Labute approximate surface area is 145 Å². The molecule has 6 heteroatoms. The van der Waals surface area contributed by atoms with E-state index in [1.54, 1.807) is 30.3 Å². The van der Waals surface area contributed by atoms with Crippen LogP contribution in [0.15, 0.2) is 58.3 Å². The first-order valence-corrected chi connectivity index (χ1v) is 9.67. The predicted molar refractivity (Wildman–Crippen MR) is 90.2 cm³/mol. The molecule has 2 aromatic carbocycles. The minimum absolute atomic E-state index is 0.152. The number of sulfone groups is 1. The van der Waals surface area contributed by atoms with Crippen LogP contribution < -0.4 is 9.47 Å². The monoisotopic (exact) mass is 356 g/mol. The topological polar surface area (TPSA) is 61.8 Å². The summed E-state index contributed by atoms with van der Waals surface area (Å²) >= 11 is 0. The lowest BCUT2D eigenvalue weighted by atomic mass is 9.89. The Hall–Kier alpha value is -2.31. The van der Waals surface area contributed by atoms with Gasteiger partial charge >= 0.3 is 0 Å². The van der Waals surface area contributed by atoms with Gasteiger partial charge in [-0.25, -0.2) is 8.42 Å². The van der Waals surface area contributed by atoms with E-state index in [-0.39, 0.29) is 18.8 Å². The standard InChI is InChI=1S/C19H16O5S/c20-25(21,13-4-2-1-3-5-13)18-7-6-15-19(18)14-9-17-16(23-11-24-17)8-12(14)10-22-15/h1-5,7-9,15,19H,6,10-11H2/t15-,19-/m1/s1. The molecule has 128 valence electrons. The van der Waals surface area contributed by atoms with Gasteiger partial charge in [0.25, 0.3) is 0 Å².